The number of aryl methyl sites for hydroxylation is 2. The van der Waals surface area contributed by atoms with Crippen LogP contribution in [0.4, 0.5) is 0 Å². The monoisotopic (exact) mass is 150 g/mol. The molecule has 2 rings (SSSR count). The Morgan fingerprint density at radius 2 is 2.09 bits per heavy atom. The molecular weight excluding hydrogens is 140 g/mol. The average Bonchev–Trinajstić information content (AvgIpc) is 2.34. The van der Waals surface area contributed by atoms with Gasteiger partial charge in [-0.15, -0.1) is 0 Å². The van der Waals surface area contributed by atoms with Gasteiger partial charge in [0.15, 0.2) is 0 Å². The van der Waals surface area contributed by atoms with Gasteiger partial charge >= 0.3 is 0 Å². The maximum Gasteiger partial charge on any atom is 0.220 e. The van der Waals surface area contributed by atoms with Crippen molar-refractivity contribution < 1.29 is 4.74 Å². The number of ether oxygens (including phenoxy) is 1. The van der Waals surface area contributed by atoms with E-state index in [9.17, 15) is 0 Å². The van der Waals surface area contributed by atoms with E-state index in [0.717, 1.165) is 30.4 Å². The van der Waals surface area contributed by atoms with Crippen molar-refractivity contribution in [3.63, 3.8) is 0 Å². The van der Waals surface area contributed by atoms with E-state index in [4.69, 9.17) is 4.74 Å². The fourth-order valence-electron chi connectivity index (χ4n) is 1.36. The summed E-state index contributed by atoms with van der Waals surface area (Å²) in [5, 5.41) is 0. The third-order valence-corrected chi connectivity index (χ3v) is 1.88. The normalized spacial score (nSPS) is 14.4. The summed E-state index contributed by atoms with van der Waals surface area (Å²) in [5.41, 5.74) is 2.24. The first-order valence-corrected chi connectivity index (χ1v) is 3.74. The minimum Gasteiger partial charge on any atom is -0.477 e. The molecule has 0 saturated carbocycles. The predicted octanol–water partition coefficient (Wildman–Crippen LogP) is 1.03. The maximum atomic E-state index is 5.31. The summed E-state index contributed by atoms with van der Waals surface area (Å²) in [6.45, 7) is 4.64. The largest absolute Gasteiger partial charge is 0.477 e. The van der Waals surface area contributed by atoms with Crippen LogP contribution in [0.2, 0.25) is 0 Å². The lowest BCUT2D eigenvalue weighted by Gasteiger charge is -2.00. The summed E-state index contributed by atoms with van der Waals surface area (Å²) < 4.78 is 5.31. The second kappa shape index (κ2) is 2.19. The summed E-state index contributed by atoms with van der Waals surface area (Å²) in [5.74, 6) is 1.58. The van der Waals surface area contributed by atoms with Crippen LogP contribution < -0.4 is 4.74 Å². The minimum absolute atomic E-state index is 0.758. The highest BCUT2D eigenvalue weighted by atomic mass is 16.5. The van der Waals surface area contributed by atoms with E-state index in [2.05, 4.69) is 9.97 Å². The van der Waals surface area contributed by atoms with Gasteiger partial charge in [-0.05, 0) is 13.8 Å². The lowest BCUT2D eigenvalue weighted by atomic mass is 10.2. The van der Waals surface area contributed by atoms with E-state index < -0.39 is 0 Å². The van der Waals surface area contributed by atoms with Crippen molar-refractivity contribution in [1.29, 1.82) is 0 Å². The van der Waals surface area contributed by atoms with Gasteiger partial charge in [0.25, 0.3) is 0 Å². The van der Waals surface area contributed by atoms with Gasteiger partial charge < -0.3 is 4.74 Å². The van der Waals surface area contributed by atoms with Gasteiger partial charge in [0, 0.05) is 17.7 Å². The molecule has 11 heavy (non-hydrogen) atoms. The molecule has 0 atom stereocenters. The van der Waals surface area contributed by atoms with Crippen molar-refractivity contribution in [1.82, 2.24) is 9.97 Å². The molecule has 1 aromatic rings. The van der Waals surface area contributed by atoms with Gasteiger partial charge in [-0.1, -0.05) is 0 Å². The van der Waals surface area contributed by atoms with E-state index in [0.29, 0.717) is 0 Å². The molecular formula is C8H10N2O. The molecule has 3 nitrogen and oxygen atoms in total. The predicted molar refractivity (Wildman–Crippen MR) is 40.7 cm³/mol. The van der Waals surface area contributed by atoms with Crippen LogP contribution >= 0.6 is 0 Å². The first kappa shape index (κ1) is 6.58. The van der Waals surface area contributed by atoms with Gasteiger partial charge in [-0.3, -0.25) is 0 Å². The Labute approximate surface area is 65.4 Å². The molecule has 0 aliphatic carbocycles. The van der Waals surface area contributed by atoms with Crippen LogP contribution in [-0.4, -0.2) is 16.6 Å². The molecule has 0 aromatic carbocycles. The lowest BCUT2D eigenvalue weighted by molar-refractivity contribution is 0.344. The number of aromatic nitrogens is 2. The molecule has 0 saturated heterocycles. The number of hydrogen-bond acceptors (Lipinski definition) is 3. The lowest BCUT2D eigenvalue weighted by Crippen LogP contribution is -1.95. The van der Waals surface area contributed by atoms with Crippen LogP contribution in [0.25, 0.3) is 0 Å². The number of rotatable bonds is 0. The fraction of sp³-hybridized carbons (Fsp3) is 0.500. The number of hydrogen-bond donors (Lipinski definition) is 0. The van der Waals surface area contributed by atoms with Gasteiger partial charge in [0.05, 0.1) is 6.61 Å². The topological polar surface area (TPSA) is 35.0 Å². The van der Waals surface area contributed by atoms with Gasteiger partial charge in [-0.25, -0.2) is 4.98 Å². The molecule has 0 bridgehead atoms. The molecule has 0 spiro atoms. The molecule has 0 N–H and O–H groups in total. The Bertz CT molecular complexity index is 296. The first-order chi connectivity index (χ1) is 5.27. The minimum atomic E-state index is 0.758. The molecule has 58 valence electrons. The second-order valence-electron chi connectivity index (χ2n) is 2.74. The zero-order chi connectivity index (χ0) is 7.84. The van der Waals surface area contributed by atoms with Crippen molar-refractivity contribution in [2.75, 3.05) is 6.61 Å². The first-order valence-electron chi connectivity index (χ1n) is 3.74. The molecule has 0 radical (unpaired) electrons. The smallest absolute Gasteiger partial charge is 0.220 e. The third-order valence-electron chi connectivity index (χ3n) is 1.88. The van der Waals surface area contributed by atoms with Crippen molar-refractivity contribution in [2.24, 2.45) is 0 Å². The molecule has 2 heterocycles. The van der Waals surface area contributed by atoms with Crippen LogP contribution in [0.1, 0.15) is 17.1 Å². The van der Waals surface area contributed by atoms with Crippen molar-refractivity contribution in [2.45, 2.75) is 20.3 Å². The standard InChI is InChI=1S/C8H10N2O/c1-5-7-3-4-11-8(7)10-6(2)9-5/h3-4H2,1-2H3. The zero-order valence-electron chi connectivity index (χ0n) is 6.72. The van der Waals surface area contributed by atoms with Gasteiger partial charge in [0.1, 0.15) is 5.82 Å². The van der Waals surface area contributed by atoms with Crippen molar-refractivity contribution in [3.05, 3.63) is 17.1 Å². The zero-order valence-corrected chi connectivity index (χ0v) is 6.72. The summed E-state index contributed by atoms with van der Waals surface area (Å²) in [7, 11) is 0. The fourth-order valence-corrected chi connectivity index (χ4v) is 1.36. The quantitative estimate of drug-likeness (QED) is 0.554. The molecule has 0 fully saturated rings. The summed E-state index contributed by atoms with van der Waals surface area (Å²) in [6.07, 6.45) is 0.960. The Hall–Kier alpha value is -1.12. The van der Waals surface area contributed by atoms with Gasteiger partial charge in [0.2, 0.25) is 5.88 Å². The molecule has 1 aliphatic rings. The number of fused-ring (bicyclic) bond motifs is 1. The Balaban J connectivity index is 2.60. The summed E-state index contributed by atoms with van der Waals surface area (Å²) in [6, 6.07) is 0. The highest BCUT2D eigenvalue weighted by Crippen LogP contribution is 2.24. The van der Waals surface area contributed by atoms with E-state index in [1.807, 2.05) is 13.8 Å². The third kappa shape index (κ3) is 0.964. The van der Waals surface area contributed by atoms with Crippen LogP contribution in [0.5, 0.6) is 5.88 Å². The highest BCUT2D eigenvalue weighted by molar-refractivity contribution is 5.33. The maximum absolute atomic E-state index is 5.31. The number of nitrogens with zero attached hydrogens (tertiary/aromatic N) is 2. The molecule has 1 aromatic heterocycles. The van der Waals surface area contributed by atoms with E-state index >= 15 is 0 Å². The molecule has 0 unspecified atom stereocenters. The van der Waals surface area contributed by atoms with Crippen LogP contribution in [-0.2, 0) is 6.42 Å². The van der Waals surface area contributed by atoms with Gasteiger partial charge in [-0.2, -0.15) is 4.98 Å². The van der Waals surface area contributed by atoms with Crippen LogP contribution in [0, 0.1) is 13.8 Å². The molecule has 1 aliphatic heterocycles. The van der Waals surface area contributed by atoms with Crippen LogP contribution in [0.3, 0.4) is 0 Å². The Morgan fingerprint density at radius 3 is 2.91 bits per heavy atom. The van der Waals surface area contributed by atoms with E-state index in [1.54, 1.807) is 0 Å². The molecule has 0 amide bonds. The Kier molecular flexibility index (Phi) is 1.31. The van der Waals surface area contributed by atoms with E-state index in [1.165, 1.54) is 5.56 Å². The van der Waals surface area contributed by atoms with Crippen molar-refractivity contribution in [3.8, 4) is 5.88 Å². The van der Waals surface area contributed by atoms with E-state index in [-0.39, 0.29) is 0 Å². The summed E-state index contributed by atoms with van der Waals surface area (Å²) in [4.78, 5) is 8.44. The van der Waals surface area contributed by atoms with Crippen LogP contribution in [0.15, 0.2) is 0 Å². The average molecular weight is 150 g/mol. The Morgan fingerprint density at radius 1 is 1.27 bits per heavy atom. The molecule has 3 heteroatoms. The SMILES string of the molecule is Cc1nc(C)c2c(n1)OCC2. The highest BCUT2D eigenvalue weighted by Gasteiger charge is 2.16. The second-order valence-corrected chi connectivity index (χ2v) is 2.74. The van der Waals surface area contributed by atoms with Crippen molar-refractivity contribution >= 4 is 0 Å². The summed E-state index contributed by atoms with van der Waals surface area (Å²) >= 11 is 0.